The summed E-state index contributed by atoms with van der Waals surface area (Å²) in [5, 5.41) is 5.39. The molecule has 146 valence electrons. The van der Waals surface area contributed by atoms with Gasteiger partial charge in [0.15, 0.2) is 0 Å². The molecule has 1 atom stereocenters. The molecule has 1 aliphatic heterocycles. The number of nitrogens with one attached hydrogen (secondary N) is 1. The molecule has 0 spiro atoms. The van der Waals surface area contributed by atoms with Gasteiger partial charge in [-0.15, -0.1) is 0 Å². The van der Waals surface area contributed by atoms with Crippen LogP contribution in [0.4, 0.5) is 0 Å². The molecule has 0 aliphatic carbocycles. The highest BCUT2D eigenvalue weighted by Crippen LogP contribution is 2.30. The van der Waals surface area contributed by atoms with Gasteiger partial charge >= 0.3 is 0 Å². The van der Waals surface area contributed by atoms with E-state index < -0.39 is 0 Å². The number of hydrogen-bond acceptors (Lipinski definition) is 4. The minimum atomic E-state index is 0.157. The molecule has 0 bridgehead atoms. The highest BCUT2D eigenvalue weighted by Gasteiger charge is 2.25. The van der Waals surface area contributed by atoms with Gasteiger partial charge in [0.25, 0.3) is 0 Å². The first-order valence-electron chi connectivity index (χ1n) is 9.99. The smallest absolute Gasteiger partial charge is 0.227 e. The standard InChI is InChI=1S/C23H27N3O2/c1-15(2)26(13-18-11-12-22(27)24-18)14-21-16(3)28-23(25-21)20-10-6-8-17-7-4-5-9-19(17)20/h4-10,15,18H,11-14H2,1-3H3,(H,24,27)/t18-/m1/s1. The molecule has 1 aliphatic rings. The van der Waals surface area contributed by atoms with Crippen LogP contribution in [0.3, 0.4) is 0 Å². The number of benzene rings is 2. The molecular weight excluding hydrogens is 350 g/mol. The lowest BCUT2D eigenvalue weighted by Crippen LogP contribution is -2.41. The highest BCUT2D eigenvalue weighted by molar-refractivity contribution is 5.94. The summed E-state index contributed by atoms with van der Waals surface area (Å²) in [4.78, 5) is 18.7. The Morgan fingerprint density at radius 2 is 2.00 bits per heavy atom. The molecule has 2 aromatic carbocycles. The van der Waals surface area contributed by atoms with Crippen LogP contribution >= 0.6 is 0 Å². The van der Waals surface area contributed by atoms with Crippen LogP contribution in [-0.4, -0.2) is 34.4 Å². The van der Waals surface area contributed by atoms with Crippen molar-refractivity contribution in [1.82, 2.24) is 15.2 Å². The second kappa shape index (κ2) is 7.76. The maximum atomic E-state index is 11.5. The molecule has 0 saturated carbocycles. The fraction of sp³-hybridized carbons (Fsp3) is 0.391. The van der Waals surface area contributed by atoms with E-state index in [1.165, 1.54) is 5.39 Å². The van der Waals surface area contributed by atoms with Crippen molar-refractivity contribution < 1.29 is 9.21 Å². The van der Waals surface area contributed by atoms with E-state index in [1.54, 1.807) is 0 Å². The number of oxazole rings is 1. The third kappa shape index (κ3) is 3.80. The Morgan fingerprint density at radius 3 is 2.75 bits per heavy atom. The van der Waals surface area contributed by atoms with Gasteiger partial charge in [0.1, 0.15) is 5.76 Å². The fourth-order valence-electron chi connectivity index (χ4n) is 3.85. The van der Waals surface area contributed by atoms with E-state index in [4.69, 9.17) is 9.40 Å². The molecule has 1 N–H and O–H groups in total. The lowest BCUT2D eigenvalue weighted by molar-refractivity contribution is -0.119. The summed E-state index contributed by atoms with van der Waals surface area (Å²) < 4.78 is 6.07. The lowest BCUT2D eigenvalue weighted by atomic mass is 10.0. The van der Waals surface area contributed by atoms with Gasteiger partial charge in [0.05, 0.1) is 5.69 Å². The third-order valence-corrected chi connectivity index (χ3v) is 5.54. The number of hydrogen-bond donors (Lipinski definition) is 1. The van der Waals surface area contributed by atoms with E-state index in [1.807, 2.05) is 25.1 Å². The number of amides is 1. The average Bonchev–Trinajstić information content (AvgIpc) is 3.26. The highest BCUT2D eigenvalue weighted by atomic mass is 16.4. The molecule has 1 aromatic heterocycles. The maximum absolute atomic E-state index is 11.5. The van der Waals surface area contributed by atoms with Crippen molar-refractivity contribution in [3.8, 4) is 11.5 Å². The summed E-state index contributed by atoms with van der Waals surface area (Å²) in [5.74, 6) is 1.68. The van der Waals surface area contributed by atoms with E-state index in [-0.39, 0.29) is 11.9 Å². The predicted octanol–water partition coefficient (Wildman–Crippen LogP) is 4.29. The van der Waals surface area contributed by atoms with Crippen molar-refractivity contribution in [2.24, 2.45) is 0 Å². The summed E-state index contributed by atoms with van der Waals surface area (Å²) in [6.45, 7) is 7.88. The second-order valence-electron chi connectivity index (χ2n) is 7.87. The van der Waals surface area contributed by atoms with Crippen molar-refractivity contribution in [3.63, 3.8) is 0 Å². The van der Waals surface area contributed by atoms with E-state index in [2.05, 4.69) is 48.3 Å². The number of aromatic nitrogens is 1. The quantitative estimate of drug-likeness (QED) is 0.696. The first-order chi connectivity index (χ1) is 13.5. The van der Waals surface area contributed by atoms with Crippen LogP contribution < -0.4 is 5.32 Å². The Hall–Kier alpha value is -2.66. The fourth-order valence-corrected chi connectivity index (χ4v) is 3.85. The average molecular weight is 377 g/mol. The Morgan fingerprint density at radius 1 is 1.21 bits per heavy atom. The molecule has 28 heavy (non-hydrogen) atoms. The van der Waals surface area contributed by atoms with Gasteiger partial charge < -0.3 is 9.73 Å². The molecule has 1 fully saturated rings. The molecule has 1 amide bonds. The predicted molar refractivity (Wildman–Crippen MR) is 111 cm³/mol. The summed E-state index contributed by atoms with van der Waals surface area (Å²) >= 11 is 0. The van der Waals surface area contributed by atoms with Crippen LogP contribution in [0, 0.1) is 6.92 Å². The first kappa shape index (κ1) is 18.7. The van der Waals surface area contributed by atoms with Crippen LogP contribution in [0.15, 0.2) is 46.9 Å². The van der Waals surface area contributed by atoms with E-state index in [0.717, 1.165) is 35.4 Å². The molecule has 2 heterocycles. The Kier molecular flexibility index (Phi) is 5.18. The van der Waals surface area contributed by atoms with Crippen LogP contribution in [0.25, 0.3) is 22.2 Å². The van der Waals surface area contributed by atoms with Gasteiger partial charge in [0.2, 0.25) is 11.8 Å². The summed E-state index contributed by atoms with van der Waals surface area (Å²) in [6, 6.07) is 15.1. The van der Waals surface area contributed by atoms with Crippen molar-refractivity contribution in [3.05, 3.63) is 53.9 Å². The van der Waals surface area contributed by atoms with Crippen molar-refractivity contribution in [1.29, 1.82) is 0 Å². The zero-order chi connectivity index (χ0) is 19.7. The molecule has 5 nitrogen and oxygen atoms in total. The topological polar surface area (TPSA) is 58.4 Å². The molecule has 5 heteroatoms. The van der Waals surface area contributed by atoms with E-state index in [0.29, 0.717) is 24.9 Å². The van der Waals surface area contributed by atoms with Crippen LogP contribution in [0.5, 0.6) is 0 Å². The molecule has 0 unspecified atom stereocenters. The third-order valence-electron chi connectivity index (χ3n) is 5.54. The monoisotopic (exact) mass is 377 g/mol. The van der Waals surface area contributed by atoms with Gasteiger partial charge in [-0.1, -0.05) is 36.4 Å². The molecule has 0 radical (unpaired) electrons. The number of carbonyl (C=O) groups excluding carboxylic acids is 1. The van der Waals surface area contributed by atoms with Crippen LogP contribution in [0.1, 0.15) is 38.1 Å². The lowest BCUT2D eigenvalue weighted by Gasteiger charge is -2.28. The Balaban J connectivity index is 1.59. The van der Waals surface area contributed by atoms with Gasteiger partial charge in [-0.25, -0.2) is 4.98 Å². The SMILES string of the molecule is Cc1oc(-c2cccc3ccccc23)nc1CN(C[C@H]1CCC(=O)N1)C(C)C. The van der Waals surface area contributed by atoms with Crippen LogP contribution in [-0.2, 0) is 11.3 Å². The number of nitrogens with zero attached hydrogens (tertiary/aromatic N) is 2. The molecule has 3 aromatic rings. The van der Waals surface area contributed by atoms with Gasteiger partial charge in [0, 0.05) is 37.2 Å². The second-order valence-corrected chi connectivity index (χ2v) is 7.87. The number of carbonyl (C=O) groups is 1. The zero-order valence-corrected chi connectivity index (χ0v) is 16.7. The summed E-state index contributed by atoms with van der Waals surface area (Å²) in [7, 11) is 0. The molecule has 1 saturated heterocycles. The minimum Gasteiger partial charge on any atom is -0.441 e. The largest absolute Gasteiger partial charge is 0.441 e. The number of aryl methyl sites for hydroxylation is 1. The molecule has 4 rings (SSSR count). The number of rotatable bonds is 6. The van der Waals surface area contributed by atoms with Gasteiger partial charge in [-0.2, -0.15) is 0 Å². The van der Waals surface area contributed by atoms with Crippen molar-refractivity contribution in [2.45, 2.75) is 52.2 Å². The maximum Gasteiger partial charge on any atom is 0.227 e. The Labute approximate surface area is 165 Å². The van der Waals surface area contributed by atoms with E-state index in [9.17, 15) is 4.79 Å². The number of fused-ring (bicyclic) bond motifs is 1. The van der Waals surface area contributed by atoms with E-state index >= 15 is 0 Å². The van der Waals surface area contributed by atoms with Crippen molar-refractivity contribution >= 4 is 16.7 Å². The Bertz CT molecular complexity index is 987. The first-order valence-corrected chi connectivity index (χ1v) is 9.99. The van der Waals surface area contributed by atoms with Gasteiger partial charge in [-0.05, 0) is 44.0 Å². The van der Waals surface area contributed by atoms with Crippen molar-refractivity contribution in [2.75, 3.05) is 6.54 Å². The van der Waals surface area contributed by atoms with Gasteiger partial charge in [-0.3, -0.25) is 9.69 Å². The summed E-state index contributed by atoms with van der Waals surface area (Å²) in [5.41, 5.74) is 1.98. The van der Waals surface area contributed by atoms with Crippen LogP contribution in [0.2, 0.25) is 0 Å². The zero-order valence-electron chi connectivity index (χ0n) is 16.7. The molecular formula is C23H27N3O2. The summed E-state index contributed by atoms with van der Waals surface area (Å²) in [6.07, 6.45) is 1.53. The minimum absolute atomic E-state index is 0.157. The normalized spacial score (nSPS) is 17.0.